The van der Waals surface area contributed by atoms with Crippen molar-refractivity contribution in [3.8, 4) is 11.6 Å². The first-order valence-corrected chi connectivity index (χ1v) is 5.21. The summed E-state index contributed by atoms with van der Waals surface area (Å²) in [4.78, 5) is 0. The average Bonchev–Trinajstić information content (AvgIpc) is 2.49. The third-order valence-electron chi connectivity index (χ3n) is 2.14. The number of hydrogen-bond acceptors (Lipinski definition) is 3. The van der Waals surface area contributed by atoms with Crippen LogP contribution in [0.4, 0.5) is 0 Å². The van der Waals surface area contributed by atoms with E-state index in [0.717, 1.165) is 11.3 Å². The van der Waals surface area contributed by atoms with E-state index in [2.05, 4.69) is 25.7 Å². The Bertz CT molecular complexity index is 508. The van der Waals surface area contributed by atoms with E-state index in [-0.39, 0.29) is 0 Å². The van der Waals surface area contributed by atoms with Gasteiger partial charge in [0.25, 0.3) is 0 Å². The number of benzene rings is 1. The Morgan fingerprint density at radius 1 is 1.40 bits per heavy atom. The van der Waals surface area contributed by atoms with Crippen LogP contribution in [0.15, 0.2) is 27.3 Å². The lowest BCUT2D eigenvalue weighted by Crippen LogP contribution is -2.34. The lowest BCUT2D eigenvalue weighted by Gasteiger charge is -1.97. The second-order valence-corrected chi connectivity index (χ2v) is 4.10. The SMILES string of the molecule is Cc1ccc(-[n+]2noc([O-])c2Br)c(C)c1. The maximum absolute atomic E-state index is 11.1. The zero-order valence-electron chi connectivity index (χ0n) is 8.32. The van der Waals surface area contributed by atoms with Crippen LogP contribution in [0.25, 0.3) is 5.69 Å². The van der Waals surface area contributed by atoms with Crippen molar-refractivity contribution < 1.29 is 14.3 Å². The van der Waals surface area contributed by atoms with E-state index >= 15 is 0 Å². The highest BCUT2D eigenvalue weighted by Gasteiger charge is 2.19. The van der Waals surface area contributed by atoms with Crippen LogP contribution in [-0.2, 0) is 0 Å². The minimum absolute atomic E-state index is 0.300. The fourth-order valence-corrected chi connectivity index (χ4v) is 1.76. The number of halogens is 1. The Morgan fingerprint density at radius 3 is 2.67 bits per heavy atom. The van der Waals surface area contributed by atoms with Gasteiger partial charge in [-0.15, -0.1) is 0 Å². The predicted octanol–water partition coefficient (Wildman–Crippen LogP) is 1.40. The lowest BCUT2D eigenvalue weighted by atomic mass is 10.1. The molecule has 1 heterocycles. The summed E-state index contributed by atoms with van der Waals surface area (Å²) in [5.41, 5.74) is 3.03. The van der Waals surface area contributed by atoms with Gasteiger partial charge in [-0.05, 0) is 24.6 Å². The molecule has 0 radical (unpaired) electrons. The molecule has 0 N–H and O–H groups in total. The molecule has 0 saturated carbocycles. The van der Waals surface area contributed by atoms with E-state index < -0.39 is 5.95 Å². The molecule has 0 aliphatic carbocycles. The van der Waals surface area contributed by atoms with Gasteiger partial charge in [0.2, 0.25) is 5.69 Å². The first kappa shape index (κ1) is 10.2. The van der Waals surface area contributed by atoms with Crippen LogP contribution < -0.4 is 9.79 Å². The molecule has 0 bridgehead atoms. The summed E-state index contributed by atoms with van der Waals surface area (Å²) in [6, 6.07) is 5.88. The van der Waals surface area contributed by atoms with Crippen LogP contribution in [0.5, 0.6) is 5.95 Å². The molecule has 0 amide bonds. The molecule has 0 spiro atoms. The van der Waals surface area contributed by atoms with Gasteiger partial charge in [0.15, 0.2) is 5.95 Å². The number of aryl methyl sites for hydroxylation is 2. The van der Waals surface area contributed by atoms with E-state index in [1.807, 2.05) is 32.0 Å². The van der Waals surface area contributed by atoms with E-state index in [9.17, 15) is 5.11 Å². The summed E-state index contributed by atoms with van der Waals surface area (Å²) in [7, 11) is 0. The van der Waals surface area contributed by atoms with Gasteiger partial charge in [-0.2, -0.15) is 0 Å². The normalized spacial score (nSPS) is 10.6. The van der Waals surface area contributed by atoms with Crippen molar-refractivity contribution in [3.63, 3.8) is 0 Å². The molecule has 0 aliphatic rings. The van der Waals surface area contributed by atoms with Crippen LogP contribution in [-0.4, -0.2) is 5.27 Å². The smallest absolute Gasteiger partial charge is 0.305 e. The van der Waals surface area contributed by atoms with Gasteiger partial charge >= 0.3 is 4.60 Å². The van der Waals surface area contributed by atoms with Crippen LogP contribution in [0, 0.1) is 13.8 Å². The maximum atomic E-state index is 11.1. The molecule has 2 aromatic rings. The molecule has 15 heavy (non-hydrogen) atoms. The van der Waals surface area contributed by atoms with E-state index in [0.29, 0.717) is 4.60 Å². The van der Waals surface area contributed by atoms with Crippen molar-refractivity contribution in [1.29, 1.82) is 0 Å². The average molecular weight is 269 g/mol. The van der Waals surface area contributed by atoms with Crippen LogP contribution in [0.1, 0.15) is 11.1 Å². The molecule has 0 aliphatic heterocycles. The zero-order valence-corrected chi connectivity index (χ0v) is 9.91. The third kappa shape index (κ3) is 1.74. The number of nitrogens with zero attached hydrogens (tertiary/aromatic N) is 2. The number of hydrogen-bond donors (Lipinski definition) is 0. The maximum Gasteiger partial charge on any atom is 0.305 e. The summed E-state index contributed by atoms with van der Waals surface area (Å²) in [6.07, 6.45) is 0. The van der Waals surface area contributed by atoms with Gasteiger partial charge in [-0.3, -0.25) is 0 Å². The Kier molecular flexibility index (Phi) is 2.48. The Hall–Kier alpha value is -1.36. The van der Waals surface area contributed by atoms with Crippen molar-refractivity contribution in [1.82, 2.24) is 5.27 Å². The van der Waals surface area contributed by atoms with Crippen LogP contribution >= 0.6 is 15.9 Å². The van der Waals surface area contributed by atoms with Crippen LogP contribution in [0.3, 0.4) is 0 Å². The summed E-state index contributed by atoms with van der Waals surface area (Å²) in [5.74, 6) is -0.477. The van der Waals surface area contributed by atoms with Crippen molar-refractivity contribution in [2.24, 2.45) is 0 Å². The van der Waals surface area contributed by atoms with Gasteiger partial charge < -0.3 is 9.63 Å². The van der Waals surface area contributed by atoms with Crippen molar-refractivity contribution in [2.75, 3.05) is 0 Å². The molecule has 78 valence electrons. The van der Waals surface area contributed by atoms with Crippen molar-refractivity contribution >= 4 is 15.9 Å². The largest absolute Gasteiger partial charge is 0.538 e. The van der Waals surface area contributed by atoms with E-state index in [1.54, 1.807) is 0 Å². The van der Waals surface area contributed by atoms with Crippen molar-refractivity contribution in [3.05, 3.63) is 33.9 Å². The topological polar surface area (TPSA) is 53.0 Å². The molecule has 1 aromatic carbocycles. The zero-order chi connectivity index (χ0) is 11.0. The molecular formula is C10H9BrN2O2. The van der Waals surface area contributed by atoms with Gasteiger partial charge in [0.05, 0.1) is 5.27 Å². The first-order valence-electron chi connectivity index (χ1n) is 4.42. The van der Waals surface area contributed by atoms with E-state index in [1.165, 1.54) is 10.2 Å². The van der Waals surface area contributed by atoms with Gasteiger partial charge in [0.1, 0.15) is 0 Å². The second-order valence-electron chi connectivity index (χ2n) is 3.35. The molecule has 4 nitrogen and oxygen atoms in total. The highest BCUT2D eigenvalue weighted by atomic mass is 79.9. The molecule has 5 heteroatoms. The molecule has 0 atom stereocenters. The molecule has 0 fully saturated rings. The second kappa shape index (κ2) is 3.66. The lowest BCUT2D eigenvalue weighted by molar-refractivity contribution is -0.681. The Balaban J connectivity index is 2.59. The van der Waals surface area contributed by atoms with Gasteiger partial charge in [-0.25, -0.2) is 0 Å². The molecule has 0 saturated heterocycles. The monoisotopic (exact) mass is 268 g/mol. The highest BCUT2D eigenvalue weighted by molar-refractivity contribution is 9.10. The fraction of sp³-hybridized carbons (Fsp3) is 0.200. The summed E-state index contributed by atoms with van der Waals surface area (Å²) in [5, 5.41) is 14.8. The third-order valence-corrected chi connectivity index (χ3v) is 2.80. The number of rotatable bonds is 1. The van der Waals surface area contributed by atoms with E-state index in [4.69, 9.17) is 0 Å². The molecule has 2 rings (SSSR count). The molecule has 1 aromatic heterocycles. The van der Waals surface area contributed by atoms with Crippen LogP contribution in [0.2, 0.25) is 0 Å². The minimum atomic E-state index is -0.477. The van der Waals surface area contributed by atoms with Gasteiger partial charge in [0, 0.05) is 27.6 Å². The quantitative estimate of drug-likeness (QED) is 0.735. The summed E-state index contributed by atoms with van der Waals surface area (Å²) in [6.45, 7) is 3.97. The van der Waals surface area contributed by atoms with Gasteiger partial charge in [-0.1, -0.05) is 11.6 Å². The molecular weight excluding hydrogens is 260 g/mol. The van der Waals surface area contributed by atoms with Crippen molar-refractivity contribution in [2.45, 2.75) is 13.8 Å². The minimum Gasteiger partial charge on any atom is -0.538 e. The Labute approximate surface area is 95.2 Å². The standard InChI is InChI=1S/C10H9BrN2O2/c1-6-3-4-8(7(2)5-6)13-9(11)10(14)15-12-13/h3-5H,1-2H3. The fourth-order valence-electron chi connectivity index (χ4n) is 1.43. The first-order chi connectivity index (χ1) is 7.09. The summed E-state index contributed by atoms with van der Waals surface area (Å²) < 4.78 is 6.29. The predicted molar refractivity (Wildman–Crippen MR) is 54.7 cm³/mol. The number of aromatic nitrogens is 2. The summed E-state index contributed by atoms with van der Waals surface area (Å²) >= 11 is 3.13. The molecule has 0 unspecified atom stereocenters. The Morgan fingerprint density at radius 2 is 2.13 bits per heavy atom. The highest BCUT2D eigenvalue weighted by Crippen LogP contribution is 2.18.